The molecule has 0 radical (unpaired) electrons. The van der Waals surface area contributed by atoms with Crippen molar-refractivity contribution in [1.29, 1.82) is 0 Å². The summed E-state index contributed by atoms with van der Waals surface area (Å²) in [5.41, 5.74) is 1.03. The summed E-state index contributed by atoms with van der Waals surface area (Å²) in [4.78, 5) is 4.62. The maximum atomic E-state index is 5.43. The van der Waals surface area contributed by atoms with Crippen molar-refractivity contribution in [3.05, 3.63) is 16.1 Å². The van der Waals surface area contributed by atoms with E-state index in [1.165, 1.54) is 0 Å². The quantitative estimate of drug-likeness (QED) is 0.722. The molecule has 17 heavy (non-hydrogen) atoms. The van der Waals surface area contributed by atoms with E-state index in [-0.39, 0.29) is 5.54 Å². The Morgan fingerprint density at radius 3 is 2.76 bits per heavy atom. The second kappa shape index (κ2) is 7.06. The van der Waals surface area contributed by atoms with E-state index >= 15 is 0 Å². The monoisotopic (exact) mass is 258 g/mol. The van der Waals surface area contributed by atoms with Crippen LogP contribution in [0, 0.1) is 0 Å². The first-order valence-corrected chi connectivity index (χ1v) is 6.68. The van der Waals surface area contributed by atoms with E-state index in [2.05, 4.69) is 29.5 Å². The molecule has 0 bridgehead atoms. The summed E-state index contributed by atoms with van der Waals surface area (Å²) < 4.78 is 10.3. The molecule has 1 N–H and O–H groups in total. The summed E-state index contributed by atoms with van der Waals surface area (Å²) in [6, 6.07) is 0. The van der Waals surface area contributed by atoms with Crippen LogP contribution in [0.5, 0.6) is 0 Å². The molecule has 0 amide bonds. The first kappa shape index (κ1) is 14.6. The molecule has 1 aromatic rings. The maximum Gasteiger partial charge on any atom is 0.0952 e. The fourth-order valence-electron chi connectivity index (χ4n) is 1.24. The molecular formula is C12H22N2O2S. The van der Waals surface area contributed by atoms with Crippen LogP contribution in [0.15, 0.2) is 5.38 Å². The molecule has 98 valence electrons. The zero-order valence-electron chi connectivity index (χ0n) is 11.1. The van der Waals surface area contributed by atoms with Crippen molar-refractivity contribution in [2.75, 3.05) is 34.0 Å². The molecule has 0 atom stereocenters. The second-order valence-electron chi connectivity index (χ2n) is 4.36. The molecule has 0 unspecified atom stereocenters. The van der Waals surface area contributed by atoms with Crippen molar-refractivity contribution >= 4 is 11.3 Å². The van der Waals surface area contributed by atoms with Crippen molar-refractivity contribution in [2.45, 2.75) is 25.8 Å². The minimum Gasteiger partial charge on any atom is -0.382 e. The van der Waals surface area contributed by atoms with Crippen LogP contribution in [0.25, 0.3) is 0 Å². The summed E-state index contributed by atoms with van der Waals surface area (Å²) in [6.45, 7) is 6.25. The summed E-state index contributed by atoms with van der Waals surface area (Å²) in [5, 5.41) is 6.49. The standard InChI is InChI=1S/C12H22N2O2S/c1-12(2,13-3)10-9-17-11(14-10)5-6-16-8-7-15-4/h9,13H,5-8H2,1-4H3. The summed E-state index contributed by atoms with van der Waals surface area (Å²) in [6.07, 6.45) is 0.869. The Kier molecular flexibility index (Phi) is 6.05. The van der Waals surface area contributed by atoms with Crippen LogP contribution in [0.4, 0.5) is 0 Å². The minimum atomic E-state index is -0.0638. The van der Waals surface area contributed by atoms with Crippen molar-refractivity contribution < 1.29 is 9.47 Å². The van der Waals surface area contributed by atoms with Gasteiger partial charge >= 0.3 is 0 Å². The smallest absolute Gasteiger partial charge is 0.0952 e. The van der Waals surface area contributed by atoms with Gasteiger partial charge in [-0.05, 0) is 20.9 Å². The highest BCUT2D eigenvalue weighted by Gasteiger charge is 2.20. The van der Waals surface area contributed by atoms with Gasteiger partial charge in [0.2, 0.25) is 0 Å². The van der Waals surface area contributed by atoms with Crippen molar-refractivity contribution in [1.82, 2.24) is 10.3 Å². The summed E-state index contributed by atoms with van der Waals surface area (Å²) >= 11 is 1.69. The van der Waals surface area contributed by atoms with Crippen LogP contribution < -0.4 is 5.32 Å². The molecule has 0 saturated carbocycles. The molecular weight excluding hydrogens is 236 g/mol. The van der Waals surface area contributed by atoms with Gasteiger partial charge in [-0.1, -0.05) is 0 Å². The number of methoxy groups -OCH3 is 1. The maximum absolute atomic E-state index is 5.43. The Bertz CT molecular complexity index is 326. The lowest BCUT2D eigenvalue weighted by molar-refractivity contribution is 0.0722. The molecule has 1 aromatic heterocycles. The van der Waals surface area contributed by atoms with Crippen molar-refractivity contribution in [2.24, 2.45) is 0 Å². The lowest BCUT2D eigenvalue weighted by Gasteiger charge is -2.21. The van der Waals surface area contributed by atoms with E-state index in [4.69, 9.17) is 9.47 Å². The molecule has 5 heteroatoms. The largest absolute Gasteiger partial charge is 0.382 e. The number of rotatable bonds is 8. The molecule has 0 aliphatic heterocycles. The Morgan fingerprint density at radius 2 is 2.12 bits per heavy atom. The van der Waals surface area contributed by atoms with Crippen LogP contribution in [0.1, 0.15) is 24.5 Å². The van der Waals surface area contributed by atoms with Gasteiger partial charge < -0.3 is 14.8 Å². The lowest BCUT2D eigenvalue weighted by atomic mass is 10.0. The fraction of sp³-hybridized carbons (Fsp3) is 0.750. The topological polar surface area (TPSA) is 43.4 Å². The van der Waals surface area contributed by atoms with E-state index in [9.17, 15) is 0 Å². The number of ether oxygens (including phenoxy) is 2. The van der Waals surface area contributed by atoms with Crippen LogP contribution >= 0.6 is 11.3 Å². The molecule has 4 nitrogen and oxygen atoms in total. The minimum absolute atomic E-state index is 0.0638. The molecule has 0 fully saturated rings. The lowest BCUT2D eigenvalue weighted by Crippen LogP contribution is -2.33. The summed E-state index contributed by atoms with van der Waals surface area (Å²) in [7, 11) is 3.63. The van der Waals surface area contributed by atoms with Crippen LogP contribution in [-0.2, 0) is 21.4 Å². The molecule has 1 heterocycles. The van der Waals surface area contributed by atoms with Gasteiger partial charge in [-0.25, -0.2) is 4.98 Å². The first-order valence-electron chi connectivity index (χ1n) is 5.80. The van der Waals surface area contributed by atoms with E-state index < -0.39 is 0 Å². The highest BCUT2D eigenvalue weighted by atomic mass is 32.1. The molecule has 0 spiro atoms. The number of hydrogen-bond donors (Lipinski definition) is 1. The third kappa shape index (κ3) is 4.71. The first-order chi connectivity index (χ1) is 8.10. The zero-order valence-corrected chi connectivity index (χ0v) is 11.9. The van der Waals surface area contributed by atoms with Gasteiger partial charge in [0.05, 0.1) is 36.1 Å². The molecule has 0 saturated heterocycles. The predicted molar refractivity (Wildman–Crippen MR) is 70.6 cm³/mol. The summed E-state index contributed by atoms with van der Waals surface area (Å²) in [5.74, 6) is 0. The number of nitrogens with one attached hydrogen (secondary N) is 1. The number of nitrogens with zero attached hydrogens (tertiary/aromatic N) is 1. The molecule has 0 aliphatic carbocycles. The Balaban J connectivity index is 2.36. The zero-order chi connectivity index (χ0) is 12.7. The number of hydrogen-bond acceptors (Lipinski definition) is 5. The number of thiazole rings is 1. The van der Waals surface area contributed by atoms with Crippen LogP contribution in [0.2, 0.25) is 0 Å². The van der Waals surface area contributed by atoms with Gasteiger partial charge in [0.25, 0.3) is 0 Å². The van der Waals surface area contributed by atoms with Crippen LogP contribution in [0.3, 0.4) is 0 Å². The van der Waals surface area contributed by atoms with Gasteiger partial charge in [-0.3, -0.25) is 0 Å². The van der Waals surface area contributed by atoms with E-state index in [1.807, 2.05) is 7.05 Å². The highest BCUT2D eigenvalue weighted by molar-refractivity contribution is 7.09. The van der Waals surface area contributed by atoms with Crippen molar-refractivity contribution in [3.8, 4) is 0 Å². The second-order valence-corrected chi connectivity index (χ2v) is 5.30. The highest BCUT2D eigenvalue weighted by Crippen LogP contribution is 2.21. The normalized spacial score (nSPS) is 12.0. The Morgan fingerprint density at radius 1 is 1.35 bits per heavy atom. The van der Waals surface area contributed by atoms with E-state index in [1.54, 1.807) is 18.4 Å². The van der Waals surface area contributed by atoms with Crippen molar-refractivity contribution in [3.63, 3.8) is 0 Å². The fourth-order valence-corrected chi connectivity index (χ4v) is 2.19. The third-order valence-corrected chi connectivity index (χ3v) is 3.62. The Labute approximate surface area is 107 Å². The number of aromatic nitrogens is 1. The van der Waals surface area contributed by atoms with E-state index in [0.717, 1.165) is 17.1 Å². The third-order valence-electron chi connectivity index (χ3n) is 2.71. The van der Waals surface area contributed by atoms with Gasteiger partial charge in [-0.15, -0.1) is 11.3 Å². The van der Waals surface area contributed by atoms with Crippen LogP contribution in [-0.4, -0.2) is 39.0 Å². The van der Waals surface area contributed by atoms with Gasteiger partial charge in [0.1, 0.15) is 0 Å². The molecule has 0 aliphatic rings. The average Bonchev–Trinajstić information content (AvgIpc) is 2.78. The van der Waals surface area contributed by atoms with Gasteiger partial charge in [-0.2, -0.15) is 0 Å². The van der Waals surface area contributed by atoms with Gasteiger partial charge in [0, 0.05) is 18.9 Å². The average molecular weight is 258 g/mol. The Hall–Kier alpha value is -0.490. The van der Waals surface area contributed by atoms with E-state index in [0.29, 0.717) is 19.8 Å². The SMILES string of the molecule is CNC(C)(C)c1csc(CCOCCOC)n1. The molecule has 1 rings (SSSR count). The predicted octanol–water partition coefficient (Wildman–Crippen LogP) is 1.80. The van der Waals surface area contributed by atoms with Gasteiger partial charge in [0.15, 0.2) is 0 Å². The molecule has 0 aromatic carbocycles.